The van der Waals surface area contributed by atoms with Crippen molar-refractivity contribution in [1.29, 1.82) is 0 Å². The van der Waals surface area contributed by atoms with Crippen LogP contribution in [-0.4, -0.2) is 34.2 Å². The molecule has 1 saturated carbocycles. The van der Waals surface area contributed by atoms with Crippen molar-refractivity contribution >= 4 is 17.9 Å². The molecule has 0 saturated heterocycles. The van der Waals surface area contributed by atoms with Crippen LogP contribution in [0.1, 0.15) is 30.9 Å². The van der Waals surface area contributed by atoms with Gasteiger partial charge >= 0.3 is 0 Å². The summed E-state index contributed by atoms with van der Waals surface area (Å²) in [6, 6.07) is 11.2. The van der Waals surface area contributed by atoms with Gasteiger partial charge in [-0.3, -0.25) is 4.79 Å². The van der Waals surface area contributed by atoms with E-state index in [1.54, 1.807) is 28.4 Å². The Labute approximate surface area is 177 Å². The molecule has 0 heterocycles. The van der Waals surface area contributed by atoms with E-state index in [0.717, 1.165) is 35.1 Å². The number of allylic oxidation sites excluding steroid dienone is 2. The van der Waals surface area contributed by atoms with E-state index in [2.05, 4.69) is 6.92 Å². The third kappa shape index (κ3) is 4.67. The van der Waals surface area contributed by atoms with Gasteiger partial charge in [-0.1, -0.05) is 6.92 Å². The summed E-state index contributed by atoms with van der Waals surface area (Å²) in [5.74, 6) is 3.19. The lowest BCUT2D eigenvalue weighted by molar-refractivity contribution is -0.113. The molecule has 0 N–H and O–H groups in total. The van der Waals surface area contributed by atoms with E-state index in [0.29, 0.717) is 28.9 Å². The molecule has 1 fully saturated rings. The summed E-state index contributed by atoms with van der Waals surface area (Å²) in [5, 5.41) is 0. The molecule has 1 aliphatic carbocycles. The van der Waals surface area contributed by atoms with E-state index in [9.17, 15) is 4.79 Å². The van der Waals surface area contributed by atoms with Crippen molar-refractivity contribution in [3.63, 3.8) is 0 Å². The van der Waals surface area contributed by atoms with Crippen LogP contribution in [0.25, 0.3) is 12.2 Å². The zero-order chi connectivity index (χ0) is 21.7. The minimum atomic E-state index is 0.0591. The highest BCUT2D eigenvalue weighted by molar-refractivity contribution is 6.14. The van der Waals surface area contributed by atoms with Gasteiger partial charge in [0.15, 0.2) is 5.78 Å². The lowest BCUT2D eigenvalue weighted by Crippen LogP contribution is -2.18. The number of ether oxygens (including phenoxy) is 4. The Balaban J connectivity index is 1.98. The van der Waals surface area contributed by atoms with Crippen molar-refractivity contribution < 1.29 is 23.7 Å². The highest BCUT2D eigenvalue weighted by Crippen LogP contribution is 2.36. The molecule has 1 aliphatic rings. The predicted octanol–water partition coefficient (Wildman–Crippen LogP) is 5.19. The Hall–Kier alpha value is -3.21. The van der Waals surface area contributed by atoms with Gasteiger partial charge in [-0.2, -0.15) is 0 Å². The summed E-state index contributed by atoms with van der Waals surface area (Å²) < 4.78 is 21.5. The SMILES string of the molecule is COc1ccc(/C=C2/CC(C)C/C(=C/c3ccc(OC)cc3OC)C2=O)c(OC)c1. The highest BCUT2D eigenvalue weighted by atomic mass is 16.5. The van der Waals surface area contributed by atoms with Gasteiger partial charge in [0, 0.05) is 34.4 Å². The van der Waals surface area contributed by atoms with Crippen LogP contribution in [0, 0.1) is 5.92 Å². The quantitative estimate of drug-likeness (QED) is 0.616. The molecular weight excluding hydrogens is 380 g/mol. The van der Waals surface area contributed by atoms with Gasteiger partial charge in [0.1, 0.15) is 23.0 Å². The van der Waals surface area contributed by atoms with E-state index < -0.39 is 0 Å². The van der Waals surface area contributed by atoms with Crippen LogP contribution in [0.3, 0.4) is 0 Å². The largest absolute Gasteiger partial charge is 0.497 e. The predicted molar refractivity (Wildman–Crippen MR) is 118 cm³/mol. The van der Waals surface area contributed by atoms with Crippen molar-refractivity contribution in [1.82, 2.24) is 0 Å². The maximum absolute atomic E-state index is 13.3. The van der Waals surface area contributed by atoms with E-state index >= 15 is 0 Å². The Morgan fingerprint density at radius 1 is 0.733 bits per heavy atom. The molecule has 5 heteroatoms. The maximum Gasteiger partial charge on any atom is 0.185 e. The number of carbonyl (C=O) groups is 1. The molecule has 30 heavy (non-hydrogen) atoms. The lowest BCUT2D eigenvalue weighted by atomic mass is 9.80. The molecule has 5 nitrogen and oxygen atoms in total. The molecule has 2 aromatic rings. The Morgan fingerprint density at radius 2 is 1.17 bits per heavy atom. The number of rotatable bonds is 6. The summed E-state index contributed by atoms with van der Waals surface area (Å²) in [7, 11) is 6.46. The molecule has 2 aromatic carbocycles. The first-order valence-electron chi connectivity index (χ1n) is 9.89. The number of benzene rings is 2. The summed E-state index contributed by atoms with van der Waals surface area (Å²) in [4.78, 5) is 13.3. The number of hydrogen-bond acceptors (Lipinski definition) is 5. The molecule has 0 unspecified atom stereocenters. The van der Waals surface area contributed by atoms with Gasteiger partial charge in [-0.25, -0.2) is 0 Å². The molecule has 158 valence electrons. The van der Waals surface area contributed by atoms with Gasteiger partial charge in [0.05, 0.1) is 28.4 Å². The van der Waals surface area contributed by atoms with Gasteiger partial charge in [0.2, 0.25) is 0 Å². The second kappa shape index (κ2) is 9.53. The third-order valence-electron chi connectivity index (χ3n) is 5.26. The fraction of sp³-hybridized carbons (Fsp3) is 0.320. The van der Waals surface area contributed by atoms with Crippen LogP contribution < -0.4 is 18.9 Å². The van der Waals surface area contributed by atoms with E-state index in [1.807, 2.05) is 48.6 Å². The van der Waals surface area contributed by atoms with Crippen LogP contribution in [0.5, 0.6) is 23.0 Å². The molecule has 3 rings (SSSR count). The Bertz CT molecular complexity index is 910. The second-order valence-corrected chi connectivity index (χ2v) is 7.40. The first kappa shape index (κ1) is 21.5. The van der Waals surface area contributed by atoms with Crippen LogP contribution in [0.2, 0.25) is 0 Å². The van der Waals surface area contributed by atoms with E-state index in [4.69, 9.17) is 18.9 Å². The minimum Gasteiger partial charge on any atom is -0.497 e. The number of carbonyl (C=O) groups excluding carboxylic acids is 1. The first-order valence-corrected chi connectivity index (χ1v) is 9.89. The Kier molecular flexibility index (Phi) is 6.83. The van der Waals surface area contributed by atoms with Crippen molar-refractivity contribution in [3.8, 4) is 23.0 Å². The summed E-state index contributed by atoms with van der Waals surface area (Å²) >= 11 is 0. The number of hydrogen-bond donors (Lipinski definition) is 0. The fourth-order valence-corrected chi connectivity index (χ4v) is 3.71. The standard InChI is InChI=1S/C25H28O5/c1-16-10-19(12-17-6-8-21(27-2)14-23(17)29-4)25(26)20(11-16)13-18-7-9-22(28-3)15-24(18)30-5/h6-9,12-16H,10-11H2,1-5H3/b19-12-,20-13-. The molecule has 0 bridgehead atoms. The van der Waals surface area contributed by atoms with Gasteiger partial charge < -0.3 is 18.9 Å². The van der Waals surface area contributed by atoms with Crippen molar-refractivity contribution in [2.24, 2.45) is 5.92 Å². The molecular formula is C25H28O5. The maximum atomic E-state index is 13.3. The molecule has 0 atom stereocenters. The van der Waals surface area contributed by atoms with Crippen LogP contribution >= 0.6 is 0 Å². The minimum absolute atomic E-state index is 0.0591. The van der Waals surface area contributed by atoms with Gasteiger partial charge in [-0.05, 0) is 55.2 Å². The molecule has 0 spiro atoms. The average Bonchev–Trinajstić information content (AvgIpc) is 2.77. The topological polar surface area (TPSA) is 54.0 Å². The van der Waals surface area contributed by atoms with Gasteiger partial charge in [0.25, 0.3) is 0 Å². The van der Waals surface area contributed by atoms with Crippen LogP contribution in [-0.2, 0) is 4.79 Å². The monoisotopic (exact) mass is 408 g/mol. The first-order chi connectivity index (χ1) is 14.5. The van der Waals surface area contributed by atoms with Crippen LogP contribution in [0.4, 0.5) is 0 Å². The van der Waals surface area contributed by atoms with Crippen molar-refractivity contribution in [2.75, 3.05) is 28.4 Å². The summed E-state index contributed by atoms with van der Waals surface area (Å²) in [5.41, 5.74) is 3.26. The molecule has 0 aromatic heterocycles. The molecule has 0 aliphatic heterocycles. The molecule has 0 radical (unpaired) electrons. The molecule has 0 amide bonds. The second-order valence-electron chi connectivity index (χ2n) is 7.40. The van der Waals surface area contributed by atoms with E-state index in [-0.39, 0.29) is 5.78 Å². The average molecular weight is 408 g/mol. The van der Waals surface area contributed by atoms with Gasteiger partial charge in [-0.15, -0.1) is 0 Å². The third-order valence-corrected chi connectivity index (χ3v) is 5.26. The highest BCUT2D eigenvalue weighted by Gasteiger charge is 2.26. The van der Waals surface area contributed by atoms with Crippen molar-refractivity contribution in [2.45, 2.75) is 19.8 Å². The number of methoxy groups -OCH3 is 4. The lowest BCUT2D eigenvalue weighted by Gasteiger charge is -2.23. The zero-order valence-electron chi connectivity index (χ0n) is 18.2. The van der Waals surface area contributed by atoms with Crippen molar-refractivity contribution in [3.05, 3.63) is 58.7 Å². The number of Topliss-reactive ketones (excluding diaryl/α,β-unsaturated/α-hetero) is 1. The smallest absolute Gasteiger partial charge is 0.185 e. The number of ketones is 1. The van der Waals surface area contributed by atoms with Crippen LogP contribution in [0.15, 0.2) is 47.5 Å². The normalized spacial score (nSPS) is 19.1. The zero-order valence-corrected chi connectivity index (χ0v) is 18.2. The summed E-state index contributed by atoms with van der Waals surface area (Å²) in [6.45, 7) is 2.16. The fourth-order valence-electron chi connectivity index (χ4n) is 3.71. The Morgan fingerprint density at radius 3 is 1.53 bits per heavy atom. The summed E-state index contributed by atoms with van der Waals surface area (Å²) in [6.07, 6.45) is 5.31. The van der Waals surface area contributed by atoms with E-state index in [1.165, 1.54) is 0 Å².